The van der Waals surface area contributed by atoms with Crippen molar-refractivity contribution in [3.63, 3.8) is 0 Å². The zero-order valence-corrected chi connectivity index (χ0v) is 24.6. The van der Waals surface area contributed by atoms with Crippen molar-refractivity contribution >= 4 is 11.1 Å². The molecule has 0 aliphatic heterocycles. The Bertz CT molecular complexity index is 2070. The maximum Gasteiger partial charge on any atom is 0.216 e. The third kappa shape index (κ3) is 6.44. The number of pyridine rings is 2. The van der Waals surface area contributed by atoms with Gasteiger partial charge in [0.05, 0.1) is 5.58 Å². The quantitative estimate of drug-likeness (QED) is 0.170. The molecule has 0 amide bonds. The van der Waals surface area contributed by atoms with Crippen molar-refractivity contribution < 1.29 is 32.7 Å². The van der Waals surface area contributed by atoms with Gasteiger partial charge in [0.1, 0.15) is 0 Å². The van der Waals surface area contributed by atoms with Crippen LogP contribution in [0.1, 0.15) is 19.4 Å². The summed E-state index contributed by atoms with van der Waals surface area (Å²) in [4.78, 5) is 13.1. The Morgan fingerprint density at radius 3 is 2.12 bits per heavy atom. The van der Waals surface area contributed by atoms with E-state index in [0.29, 0.717) is 22.6 Å². The Morgan fingerprint density at radius 1 is 0.690 bits per heavy atom. The first-order valence-electron chi connectivity index (χ1n) is 15.9. The summed E-state index contributed by atoms with van der Waals surface area (Å²) in [7, 11) is 0. The first-order valence-corrected chi connectivity index (χ1v) is 12.9. The predicted octanol–water partition coefficient (Wildman–Crippen LogP) is 9.19. The van der Waals surface area contributed by atoms with Gasteiger partial charge in [-0.3, -0.25) is 0 Å². The number of aryl methyl sites for hydroxylation is 2. The molecular weight excluding hydrogens is 695 g/mol. The molecule has 0 bridgehead atoms. The predicted molar refractivity (Wildman–Crippen MR) is 165 cm³/mol. The minimum atomic E-state index is -2.62. The van der Waals surface area contributed by atoms with Gasteiger partial charge in [-0.1, -0.05) is 77.9 Å². The summed E-state index contributed by atoms with van der Waals surface area (Å²) < 4.78 is 52.9. The number of aromatic nitrogens is 3. The van der Waals surface area contributed by atoms with Crippen LogP contribution in [0.3, 0.4) is 0 Å². The minimum Gasteiger partial charge on any atom is -0.484 e. The van der Waals surface area contributed by atoms with E-state index in [9.17, 15) is 0 Å². The smallest absolute Gasteiger partial charge is 0.216 e. The van der Waals surface area contributed by atoms with E-state index in [1.807, 2.05) is 103 Å². The van der Waals surface area contributed by atoms with Crippen LogP contribution in [0, 0.1) is 25.8 Å². The third-order valence-electron chi connectivity index (χ3n) is 6.35. The van der Waals surface area contributed by atoms with Crippen molar-refractivity contribution in [3.05, 3.63) is 151 Å². The Balaban J connectivity index is 0.000000291. The Kier molecular flexibility index (Phi) is 6.96. The second-order valence-corrected chi connectivity index (χ2v) is 9.13. The third-order valence-corrected chi connectivity index (χ3v) is 6.35. The summed E-state index contributed by atoms with van der Waals surface area (Å²) in [6.45, 7) is -5.23. The summed E-state index contributed by atoms with van der Waals surface area (Å²) in [5, 5.41) is 0. The van der Waals surface area contributed by atoms with Gasteiger partial charge in [-0.25, -0.2) is 4.98 Å². The van der Waals surface area contributed by atoms with Crippen LogP contribution in [0.15, 0.2) is 132 Å². The molecule has 42 heavy (non-hydrogen) atoms. The zero-order valence-electron chi connectivity index (χ0n) is 28.2. The van der Waals surface area contributed by atoms with E-state index in [0.717, 1.165) is 34.1 Å². The van der Waals surface area contributed by atoms with Gasteiger partial charge in [0.2, 0.25) is 5.89 Å². The summed E-state index contributed by atoms with van der Waals surface area (Å²) >= 11 is 0. The van der Waals surface area contributed by atoms with E-state index < -0.39 is 13.7 Å². The van der Waals surface area contributed by atoms with Gasteiger partial charge in [0.25, 0.3) is 0 Å². The van der Waals surface area contributed by atoms with Gasteiger partial charge in [0, 0.05) is 51.8 Å². The molecule has 0 aliphatic rings. The van der Waals surface area contributed by atoms with Gasteiger partial charge >= 0.3 is 0 Å². The van der Waals surface area contributed by atoms with Crippen LogP contribution in [0.25, 0.3) is 56.2 Å². The molecular formula is C37H27IrN3O-2. The van der Waals surface area contributed by atoms with Crippen LogP contribution in [0.2, 0.25) is 0 Å². The molecule has 4 aromatic carbocycles. The van der Waals surface area contributed by atoms with Gasteiger partial charge in [0.15, 0.2) is 0 Å². The number of rotatable bonds is 4. The molecule has 5 heteroatoms. The number of fused-ring (bicyclic) bond motifs is 1. The maximum atomic E-state index is 7.88. The van der Waals surface area contributed by atoms with Crippen molar-refractivity contribution in [2.75, 3.05) is 0 Å². The average Bonchev–Trinajstić information content (AvgIpc) is 3.53. The fraction of sp³-hybridized carbons (Fsp3) is 0.0541. The largest absolute Gasteiger partial charge is 0.484 e. The summed E-state index contributed by atoms with van der Waals surface area (Å²) in [6, 6.07) is 42.2. The Labute approximate surface area is 267 Å². The molecule has 207 valence electrons. The summed E-state index contributed by atoms with van der Waals surface area (Å²) in [5.74, 6) is 0.431. The molecule has 0 atom stereocenters. The molecule has 0 aliphatic carbocycles. The number of hydrogen-bond acceptors (Lipinski definition) is 4. The molecule has 0 fully saturated rings. The second kappa shape index (κ2) is 13.3. The maximum absolute atomic E-state index is 7.88. The standard InChI is InChI=1S/C26H19N2O.C11H8N.Ir/c1-17-13-23(27-16-18(17)2)21-14-22(19-9-5-3-6-10-19)25-24(15-21)28-26(29-25)20-11-7-4-8-12-20;1-2-6-10(7-3-1)11-8-4-5-9-12-11;/h3-14,16H,1-2H3;1-6,8-9H;/q2*-1;/i1D3,2D3;;. The van der Waals surface area contributed by atoms with Gasteiger partial charge < -0.3 is 14.4 Å². The molecule has 0 saturated heterocycles. The van der Waals surface area contributed by atoms with Crippen molar-refractivity contribution in [3.8, 4) is 45.1 Å². The van der Waals surface area contributed by atoms with Gasteiger partial charge in [-0.15, -0.1) is 53.6 Å². The van der Waals surface area contributed by atoms with Crippen LogP contribution >= 0.6 is 0 Å². The van der Waals surface area contributed by atoms with Gasteiger partial charge in [-0.2, -0.15) is 0 Å². The number of oxazole rings is 1. The Hall–Kier alpha value is -4.70. The van der Waals surface area contributed by atoms with E-state index in [-0.39, 0.29) is 36.9 Å². The van der Waals surface area contributed by atoms with Crippen LogP contribution in [0.5, 0.6) is 0 Å². The molecule has 7 aromatic rings. The molecule has 3 aromatic heterocycles. The van der Waals surface area contributed by atoms with Crippen LogP contribution in [-0.2, 0) is 20.1 Å². The molecule has 4 nitrogen and oxygen atoms in total. The normalized spacial score (nSPS) is 13.1. The summed E-state index contributed by atoms with van der Waals surface area (Å²) in [5.41, 5.74) is 5.63. The average molecular weight is 728 g/mol. The first kappa shape index (κ1) is 22.0. The van der Waals surface area contributed by atoms with Crippen LogP contribution in [-0.4, -0.2) is 15.0 Å². The van der Waals surface area contributed by atoms with E-state index >= 15 is 0 Å². The SMILES string of the molecule is [2H]C([2H])([2H])c1cnc(-c2[c-]c3nc(-c4ccccc4)oc3c(-c3ccccc3)c2)cc1C([2H])([2H])[2H].[Ir].[c-]1ccccc1-c1ccccn1. The van der Waals surface area contributed by atoms with Crippen molar-refractivity contribution in [2.45, 2.75) is 13.7 Å². The number of nitrogens with zero attached hydrogens (tertiary/aromatic N) is 3. The Morgan fingerprint density at radius 2 is 1.43 bits per heavy atom. The molecule has 3 heterocycles. The van der Waals surface area contributed by atoms with Crippen molar-refractivity contribution in [1.29, 1.82) is 0 Å². The van der Waals surface area contributed by atoms with Gasteiger partial charge in [-0.05, 0) is 54.4 Å². The molecule has 0 spiro atoms. The molecule has 0 N–H and O–H groups in total. The van der Waals surface area contributed by atoms with Crippen LogP contribution in [0.4, 0.5) is 0 Å². The van der Waals surface area contributed by atoms with Crippen molar-refractivity contribution in [2.24, 2.45) is 0 Å². The number of benzene rings is 4. The fourth-order valence-electron chi connectivity index (χ4n) is 4.31. The molecule has 0 unspecified atom stereocenters. The monoisotopic (exact) mass is 728 g/mol. The van der Waals surface area contributed by atoms with E-state index in [1.165, 1.54) is 6.07 Å². The first-order chi connectivity index (χ1) is 22.6. The van der Waals surface area contributed by atoms with Crippen molar-refractivity contribution in [1.82, 2.24) is 15.0 Å². The summed E-state index contributed by atoms with van der Waals surface area (Å²) in [6.07, 6.45) is 2.90. The molecule has 0 saturated carbocycles. The van der Waals surface area contributed by atoms with E-state index in [2.05, 4.69) is 27.1 Å². The molecule has 1 radical (unpaired) electrons. The number of hydrogen-bond donors (Lipinski definition) is 0. The zero-order chi connectivity index (χ0) is 33.0. The van der Waals surface area contributed by atoms with E-state index in [4.69, 9.17) is 12.6 Å². The second-order valence-electron chi connectivity index (χ2n) is 9.13. The topological polar surface area (TPSA) is 51.8 Å². The van der Waals surface area contributed by atoms with E-state index in [1.54, 1.807) is 12.3 Å². The molecule has 7 rings (SSSR count). The minimum absolute atomic E-state index is 0. The fourth-order valence-corrected chi connectivity index (χ4v) is 4.31. The van der Waals surface area contributed by atoms with Crippen LogP contribution < -0.4 is 0 Å².